The Morgan fingerprint density at radius 1 is 1.70 bits per heavy atom. The molecule has 1 heterocycles. The molecule has 1 saturated heterocycles. The SMILES string of the molecule is O=S(O)S(=O)OCC1CO1. The average Bonchev–Trinajstić information content (AvgIpc) is 2.64. The van der Waals surface area contributed by atoms with Crippen LogP contribution in [0, 0.1) is 0 Å². The summed E-state index contributed by atoms with van der Waals surface area (Å²) in [6, 6.07) is 0. The average molecular weight is 186 g/mol. The summed E-state index contributed by atoms with van der Waals surface area (Å²) in [5.74, 6) is 0. The Morgan fingerprint density at radius 3 is 2.70 bits per heavy atom. The van der Waals surface area contributed by atoms with Gasteiger partial charge in [-0.3, -0.25) is 8.74 Å². The number of epoxide rings is 1. The summed E-state index contributed by atoms with van der Waals surface area (Å²) in [7, 11) is -4.51. The first kappa shape index (κ1) is 8.28. The zero-order valence-electron chi connectivity index (χ0n) is 4.89. The van der Waals surface area contributed by atoms with Crippen molar-refractivity contribution in [3.05, 3.63) is 0 Å². The Balaban J connectivity index is 2.11. The lowest BCUT2D eigenvalue weighted by Crippen LogP contribution is -2.07. The lowest BCUT2D eigenvalue weighted by atomic mass is 10.5. The van der Waals surface area contributed by atoms with E-state index in [-0.39, 0.29) is 12.7 Å². The molecule has 1 N–H and O–H groups in total. The number of hydrogen-bond donors (Lipinski definition) is 1. The van der Waals surface area contributed by atoms with Crippen LogP contribution in [0.3, 0.4) is 0 Å². The summed E-state index contributed by atoms with van der Waals surface area (Å²) in [6.45, 7) is 0.703. The van der Waals surface area contributed by atoms with Gasteiger partial charge in [-0.05, 0) is 0 Å². The van der Waals surface area contributed by atoms with E-state index in [1.807, 2.05) is 0 Å². The maximum Gasteiger partial charge on any atom is 0.277 e. The van der Waals surface area contributed by atoms with Gasteiger partial charge in [-0.2, -0.15) is 0 Å². The second-order valence-electron chi connectivity index (χ2n) is 1.66. The minimum absolute atomic E-state index is 0.0347. The second-order valence-corrected chi connectivity index (χ2v) is 4.41. The molecule has 0 saturated carbocycles. The van der Waals surface area contributed by atoms with Crippen molar-refractivity contribution in [2.75, 3.05) is 13.2 Å². The van der Waals surface area contributed by atoms with Gasteiger partial charge in [0.2, 0.25) is 0 Å². The molecule has 3 unspecified atom stereocenters. The molecular formula is C3H6O5S2. The highest BCUT2D eigenvalue weighted by Crippen LogP contribution is 2.09. The van der Waals surface area contributed by atoms with Crippen molar-refractivity contribution in [1.29, 1.82) is 0 Å². The molecule has 0 amide bonds. The van der Waals surface area contributed by atoms with E-state index in [1.54, 1.807) is 0 Å². The van der Waals surface area contributed by atoms with Crippen molar-refractivity contribution in [3.63, 3.8) is 0 Å². The lowest BCUT2D eigenvalue weighted by Gasteiger charge is -1.93. The van der Waals surface area contributed by atoms with Gasteiger partial charge < -0.3 is 4.74 Å². The first-order valence-electron chi connectivity index (χ1n) is 2.48. The van der Waals surface area contributed by atoms with Crippen LogP contribution in [0.5, 0.6) is 0 Å². The molecule has 0 aromatic carbocycles. The summed E-state index contributed by atoms with van der Waals surface area (Å²) in [6.07, 6.45) is -0.0347. The fourth-order valence-corrected chi connectivity index (χ4v) is 1.10. The van der Waals surface area contributed by atoms with Gasteiger partial charge in [0.1, 0.15) is 6.10 Å². The van der Waals surface area contributed by atoms with Crippen molar-refractivity contribution >= 4 is 20.2 Å². The van der Waals surface area contributed by atoms with E-state index in [0.29, 0.717) is 6.61 Å². The van der Waals surface area contributed by atoms with Gasteiger partial charge in [-0.1, -0.05) is 0 Å². The Hall–Kier alpha value is 0.180. The topological polar surface area (TPSA) is 76.1 Å². The highest BCUT2D eigenvalue weighted by Gasteiger charge is 2.24. The van der Waals surface area contributed by atoms with Crippen LogP contribution in [-0.2, 0) is 29.1 Å². The van der Waals surface area contributed by atoms with Crippen LogP contribution in [0.4, 0.5) is 0 Å². The van der Waals surface area contributed by atoms with E-state index in [4.69, 9.17) is 9.29 Å². The molecule has 0 radical (unpaired) electrons. The van der Waals surface area contributed by atoms with Crippen LogP contribution in [0.15, 0.2) is 0 Å². The monoisotopic (exact) mass is 186 g/mol. The molecule has 0 spiro atoms. The van der Waals surface area contributed by atoms with Crippen molar-refractivity contribution in [2.24, 2.45) is 0 Å². The molecule has 0 aliphatic carbocycles. The van der Waals surface area contributed by atoms with Gasteiger partial charge >= 0.3 is 0 Å². The Bertz CT molecular complexity index is 164. The summed E-state index contributed by atoms with van der Waals surface area (Å²) in [4.78, 5) is 0. The van der Waals surface area contributed by atoms with Gasteiger partial charge in [0.25, 0.3) is 20.2 Å². The molecule has 1 fully saturated rings. The summed E-state index contributed by atoms with van der Waals surface area (Å²) in [5.41, 5.74) is 0. The molecule has 1 aliphatic heterocycles. The number of hydrogen-bond acceptors (Lipinski definition) is 4. The summed E-state index contributed by atoms with van der Waals surface area (Å²) in [5, 5.41) is 0. The van der Waals surface area contributed by atoms with E-state index >= 15 is 0 Å². The molecule has 5 nitrogen and oxygen atoms in total. The highest BCUT2D eigenvalue weighted by molar-refractivity contribution is 8.56. The minimum Gasteiger partial charge on any atom is -0.371 e. The predicted molar refractivity (Wildman–Crippen MR) is 34.6 cm³/mol. The maximum absolute atomic E-state index is 10.4. The van der Waals surface area contributed by atoms with Crippen molar-refractivity contribution in [2.45, 2.75) is 6.10 Å². The fraction of sp³-hybridized carbons (Fsp3) is 1.00. The third-order valence-electron chi connectivity index (χ3n) is 0.869. The predicted octanol–water partition coefficient (Wildman–Crippen LogP) is -0.798. The van der Waals surface area contributed by atoms with E-state index < -0.39 is 20.2 Å². The van der Waals surface area contributed by atoms with Crippen LogP contribution in [0.1, 0.15) is 0 Å². The van der Waals surface area contributed by atoms with E-state index in [9.17, 15) is 8.42 Å². The van der Waals surface area contributed by atoms with Crippen molar-refractivity contribution < 1.29 is 21.9 Å². The van der Waals surface area contributed by atoms with E-state index in [0.717, 1.165) is 0 Å². The van der Waals surface area contributed by atoms with Crippen LogP contribution in [0.25, 0.3) is 0 Å². The third-order valence-corrected chi connectivity index (χ3v) is 2.42. The minimum atomic E-state index is -2.40. The maximum atomic E-state index is 10.4. The summed E-state index contributed by atoms with van der Waals surface area (Å²) >= 11 is 0. The molecular weight excluding hydrogens is 180 g/mol. The largest absolute Gasteiger partial charge is 0.371 e. The highest BCUT2D eigenvalue weighted by atomic mass is 33.2. The third kappa shape index (κ3) is 2.84. The van der Waals surface area contributed by atoms with Crippen LogP contribution in [0.2, 0.25) is 0 Å². The van der Waals surface area contributed by atoms with Gasteiger partial charge in [-0.25, -0.2) is 8.42 Å². The zero-order chi connectivity index (χ0) is 7.56. The molecule has 10 heavy (non-hydrogen) atoms. The van der Waals surface area contributed by atoms with Crippen molar-refractivity contribution in [3.8, 4) is 0 Å². The number of ether oxygens (including phenoxy) is 1. The molecule has 3 atom stereocenters. The van der Waals surface area contributed by atoms with Gasteiger partial charge in [0, 0.05) is 0 Å². The van der Waals surface area contributed by atoms with Gasteiger partial charge in [-0.15, -0.1) is 0 Å². The molecule has 0 aromatic heterocycles. The van der Waals surface area contributed by atoms with Crippen LogP contribution < -0.4 is 0 Å². The Kier molecular flexibility index (Phi) is 2.93. The molecule has 60 valence electrons. The molecule has 1 rings (SSSR count). The van der Waals surface area contributed by atoms with Crippen LogP contribution >= 0.6 is 0 Å². The fourth-order valence-electron chi connectivity index (χ4n) is 0.337. The molecule has 0 bridgehead atoms. The Morgan fingerprint density at radius 2 is 2.30 bits per heavy atom. The van der Waals surface area contributed by atoms with E-state index in [1.165, 1.54) is 0 Å². The van der Waals surface area contributed by atoms with E-state index in [2.05, 4.69) is 4.18 Å². The first-order valence-corrected chi connectivity index (χ1v) is 5.18. The second kappa shape index (κ2) is 3.54. The lowest BCUT2D eigenvalue weighted by molar-refractivity contribution is 0.286. The zero-order valence-corrected chi connectivity index (χ0v) is 6.52. The molecule has 7 heteroatoms. The van der Waals surface area contributed by atoms with Gasteiger partial charge in [0.15, 0.2) is 0 Å². The smallest absolute Gasteiger partial charge is 0.277 e. The van der Waals surface area contributed by atoms with Crippen molar-refractivity contribution in [1.82, 2.24) is 0 Å². The van der Waals surface area contributed by atoms with Crippen LogP contribution in [-0.4, -0.2) is 32.3 Å². The quantitative estimate of drug-likeness (QED) is 0.353. The number of rotatable bonds is 4. The Labute approximate surface area is 62.1 Å². The van der Waals surface area contributed by atoms with Gasteiger partial charge in [0.05, 0.1) is 13.2 Å². The normalized spacial score (nSPS) is 29.5. The molecule has 1 aliphatic rings. The first-order chi connectivity index (χ1) is 4.70. The standard InChI is InChI=1S/C3H6O5S2/c4-9(5)10(6)8-2-3-1-7-3/h3H,1-2H2,(H,4,5). The summed E-state index contributed by atoms with van der Waals surface area (Å²) < 4.78 is 37.6. The molecule has 0 aromatic rings.